The Morgan fingerprint density at radius 3 is 2.80 bits per heavy atom. The van der Waals surface area contributed by atoms with Crippen LogP contribution in [-0.4, -0.2) is 29.8 Å². The van der Waals surface area contributed by atoms with Crippen LogP contribution in [0.5, 0.6) is 0 Å². The molecule has 1 N–H and O–H groups in total. The Bertz CT molecular complexity index is 329. The summed E-state index contributed by atoms with van der Waals surface area (Å²) in [4.78, 5) is 6.12. The zero-order valence-electron chi connectivity index (χ0n) is 8.85. The summed E-state index contributed by atoms with van der Waals surface area (Å²) in [5.41, 5.74) is 1.42. The Morgan fingerprint density at radius 1 is 1.53 bits per heavy atom. The second kappa shape index (κ2) is 5.99. The van der Waals surface area contributed by atoms with Crippen molar-refractivity contribution in [3.8, 4) is 6.07 Å². The van der Waals surface area contributed by atoms with E-state index in [0.29, 0.717) is 5.69 Å². The first kappa shape index (κ1) is 11.5. The molecule has 0 saturated carbocycles. The monoisotopic (exact) mass is 205 g/mol. The number of aliphatic hydroxyl groups is 1. The van der Waals surface area contributed by atoms with Gasteiger partial charge in [0.25, 0.3) is 0 Å². The normalized spacial score (nSPS) is 9.67. The average Bonchev–Trinajstić information content (AvgIpc) is 2.31. The predicted octanol–water partition coefficient (Wildman–Crippen LogP) is 1.16. The summed E-state index contributed by atoms with van der Waals surface area (Å²) in [6.45, 7) is 3.92. The van der Waals surface area contributed by atoms with Crippen LogP contribution < -0.4 is 4.90 Å². The molecule has 0 radical (unpaired) electrons. The molecule has 0 unspecified atom stereocenters. The lowest BCUT2D eigenvalue weighted by molar-refractivity contribution is 0.289. The van der Waals surface area contributed by atoms with Crippen LogP contribution in [0, 0.1) is 11.3 Å². The predicted molar refractivity (Wildman–Crippen MR) is 58.5 cm³/mol. The van der Waals surface area contributed by atoms with Gasteiger partial charge in [-0.05, 0) is 25.5 Å². The van der Waals surface area contributed by atoms with Gasteiger partial charge in [0.2, 0.25) is 0 Å². The third-order valence-electron chi connectivity index (χ3n) is 2.20. The lowest BCUT2D eigenvalue weighted by atomic mass is 10.3. The minimum atomic E-state index is 0.195. The summed E-state index contributed by atoms with van der Waals surface area (Å²) in [6, 6.07) is 5.57. The molecule has 0 spiro atoms. The third-order valence-corrected chi connectivity index (χ3v) is 2.20. The van der Waals surface area contributed by atoms with Gasteiger partial charge in [0.05, 0.1) is 11.9 Å². The fourth-order valence-corrected chi connectivity index (χ4v) is 1.37. The molecule has 0 fully saturated rings. The molecule has 1 heterocycles. The molecule has 4 heteroatoms. The first-order chi connectivity index (χ1) is 7.31. The Labute approximate surface area is 89.8 Å². The first-order valence-corrected chi connectivity index (χ1v) is 5.03. The summed E-state index contributed by atoms with van der Waals surface area (Å²) >= 11 is 0. The zero-order chi connectivity index (χ0) is 11.1. The largest absolute Gasteiger partial charge is 0.396 e. The molecule has 0 amide bonds. The number of rotatable bonds is 5. The van der Waals surface area contributed by atoms with Crippen LogP contribution >= 0.6 is 0 Å². The number of aliphatic hydroxyl groups excluding tert-OH is 1. The minimum absolute atomic E-state index is 0.195. The van der Waals surface area contributed by atoms with E-state index in [-0.39, 0.29) is 6.61 Å². The van der Waals surface area contributed by atoms with Crippen LogP contribution in [0.2, 0.25) is 0 Å². The molecule has 4 nitrogen and oxygen atoms in total. The SMILES string of the molecule is CCN(CCCO)c1ccc(C#N)nc1. The molecule has 0 saturated heterocycles. The molecular formula is C11H15N3O. The second-order valence-corrected chi connectivity index (χ2v) is 3.17. The lowest BCUT2D eigenvalue weighted by Gasteiger charge is -2.22. The van der Waals surface area contributed by atoms with Crippen LogP contribution in [0.25, 0.3) is 0 Å². The maximum atomic E-state index is 8.75. The maximum Gasteiger partial charge on any atom is 0.140 e. The Hall–Kier alpha value is -1.60. The molecule has 0 aliphatic carbocycles. The lowest BCUT2D eigenvalue weighted by Crippen LogP contribution is -2.24. The highest BCUT2D eigenvalue weighted by Crippen LogP contribution is 2.12. The van der Waals surface area contributed by atoms with E-state index in [0.717, 1.165) is 25.2 Å². The fraction of sp³-hybridized carbons (Fsp3) is 0.455. The molecular weight excluding hydrogens is 190 g/mol. The fourth-order valence-electron chi connectivity index (χ4n) is 1.37. The van der Waals surface area contributed by atoms with Crippen molar-refractivity contribution in [2.45, 2.75) is 13.3 Å². The molecule has 0 aromatic carbocycles. The number of aromatic nitrogens is 1. The molecule has 1 aromatic rings. The van der Waals surface area contributed by atoms with Gasteiger partial charge in [0.15, 0.2) is 0 Å². The highest BCUT2D eigenvalue weighted by atomic mass is 16.3. The van der Waals surface area contributed by atoms with Crippen LogP contribution in [-0.2, 0) is 0 Å². The van der Waals surface area contributed by atoms with Crippen molar-refractivity contribution in [3.63, 3.8) is 0 Å². The molecule has 0 aliphatic rings. The highest BCUT2D eigenvalue weighted by molar-refractivity contribution is 5.45. The second-order valence-electron chi connectivity index (χ2n) is 3.17. The molecule has 80 valence electrons. The van der Waals surface area contributed by atoms with Crippen LogP contribution in [0.4, 0.5) is 5.69 Å². The van der Waals surface area contributed by atoms with Crippen LogP contribution in [0.15, 0.2) is 18.3 Å². The van der Waals surface area contributed by atoms with Gasteiger partial charge in [0, 0.05) is 19.7 Å². The zero-order valence-corrected chi connectivity index (χ0v) is 8.85. The minimum Gasteiger partial charge on any atom is -0.396 e. The third kappa shape index (κ3) is 3.22. The average molecular weight is 205 g/mol. The smallest absolute Gasteiger partial charge is 0.140 e. The molecule has 0 aliphatic heterocycles. The summed E-state index contributed by atoms with van der Waals surface area (Å²) in [6.07, 6.45) is 2.44. The molecule has 15 heavy (non-hydrogen) atoms. The Balaban J connectivity index is 2.70. The van der Waals surface area contributed by atoms with Gasteiger partial charge in [0.1, 0.15) is 11.8 Å². The van der Waals surface area contributed by atoms with E-state index in [1.54, 1.807) is 12.3 Å². The van der Waals surface area contributed by atoms with Crippen molar-refractivity contribution in [1.82, 2.24) is 4.98 Å². The van der Waals surface area contributed by atoms with Gasteiger partial charge in [-0.15, -0.1) is 0 Å². The van der Waals surface area contributed by atoms with Gasteiger partial charge in [-0.25, -0.2) is 4.98 Å². The van der Waals surface area contributed by atoms with Crippen molar-refractivity contribution in [1.29, 1.82) is 5.26 Å². The van der Waals surface area contributed by atoms with Gasteiger partial charge in [-0.2, -0.15) is 5.26 Å². The molecule has 0 bridgehead atoms. The summed E-state index contributed by atoms with van der Waals surface area (Å²) in [5.74, 6) is 0. The van der Waals surface area contributed by atoms with Crippen molar-refractivity contribution in [2.75, 3.05) is 24.6 Å². The van der Waals surface area contributed by atoms with Crippen molar-refractivity contribution in [2.24, 2.45) is 0 Å². The van der Waals surface area contributed by atoms with E-state index in [9.17, 15) is 0 Å². The van der Waals surface area contributed by atoms with Gasteiger partial charge < -0.3 is 10.0 Å². The number of nitrogens with zero attached hydrogens (tertiary/aromatic N) is 3. The van der Waals surface area contributed by atoms with Crippen molar-refractivity contribution in [3.05, 3.63) is 24.0 Å². The maximum absolute atomic E-state index is 8.75. The van der Waals surface area contributed by atoms with Crippen molar-refractivity contribution >= 4 is 5.69 Å². The molecule has 0 atom stereocenters. The summed E-state index contributed by atoms with van der Waals surface area (Å²) in [5, 5.41) is 17.4. The van der Waals surface area contributed by atoms with E-state index in [4.69, 9.17) is 10.4 Å². The number of pyridine rings is 1. The standard InChI is InChI=1S/C11H15N3O/c1-2-14(6-3-7-15)11-5-4-10(8-12)13-9-11/h4-5,9,15H,2-3,6-7H2,1H3. The number of hydrogen-bond donors (Lipinski definition) is 1. The van der Waals surface area contributed by atoms with E-state index < -0.39 is 0 Å². The van der Waals surface area contributed by atoms with E-state index in [2.05, 4.69) is 16.8 Å². The van der Waals surface area contributed by atoms with E-state index >= 15 is 0 Å². The summed E-state index contributed by atoms with van der Waals surface area (Å²) in [7, 11) is 0. The van der Waals surface area contributed by atoms with E-state index in [1.807, 2.05) is 12.1 Å². The van der Waals surface area contributed by atoms with Crippen molar-refractivity contribution < 1.29 is 5.11 Å². The van der Waals surface area contributed by atoms with Gasteiger partial charge in [-0.3, -0.25) is 0 Å². The Kier molecular flexibility index (Phi) is 4.58. The first-order valence-electron chi connectivity index (χ1n) is 5.03. The number of hydrogen-bond acceptors (Lipinski definition) is 4. The Morgan fingerprint density at radius 2 is 2.33 bits per heavy atom. The summed E-state index contributed by atoms with van der Waals surface area (Å²) < 4.78 is 0. The van der Waals surface area contributed by atoms with Crippen LogP contribution in [0.3, 0.4) is 0 Å². The number of anilines is 1. The highest BCUT2D eigenvalue weighted by Gasteiger charge is 2.03. The van der Waals surface area contributed by atoms with Crippen LogP contribution in [0.1, 0.15) is 19.0 Å². The molecule has 1 rings (SSSR count). The van der Waals surface area contributed by atoms with Gasteiger partial charge >= 0.3 is 0 Å². The number of nitriles is 1. The van der Waals surface area contributed by atoms with Gasteiger partial charge in [-0.1, -0.05) is 0 Å². The van der Waals surface area contributed by atoms with E-state index in [1.165, 1.54) is 0 Å². The quantitative estimate of drug-likeness (QED) is 0.783. The molecule has 1 aromatic heterocycles. The topological polar surface area (TPSA) is 60.1 Å².